The molecule has 2 aromatic heterocycles. The van der Waals surface area contributed by atoms with Crippen molar-refractivity contribution < 1.29 is 32.5 Å². The van der Waals surface area contributed by atoms with Crippen molar-refractivity contribution in [3.63, 3.8) is 0 Å². The van der Waals surface area contributed by atoms with Crippen LogP contribution in [-0.4, -0.2) is 40.2 Å². The Morgan fingerprint density at radius 3 is 2.30 bits per heavy atom. The van der Waals surface area contributed by atoms with E-state index >= 15 is 0 Å². The zero-order chi connectivity index (χ0) is 19.8. The molecule has 0 unspecified atom stereocenters. The summed E-state index contributed by atoms with van der Waals surface area (Å²) in [5.74, 6) is -1.06. The Labute approximate surface area is 155 Å². The van der Waals surface area contributed by atoms with Gasteiger partial charge in [-0.3, -0.25) is 10.1 Å². The average Bonchev–Trinajstić information content (AvgIpc) is 3.03. The van der Waals surface area contributed by atoms with Crippen molar-refractivity contribution in [1.82, 2.24) is 15.0 Å². The van der Waals surface area contributed by atoms with Crippen LogP contribution in [0.25, 0.3) is 0 Å². The lowest BCUT2D eigenvalue weighted by Gasteiger charge is -2.36. The first kappa shape index (κ1) is 19.3. The maximum absolute atomic E-state index is 13.3. The molecular formula is C15H15F3N4O4S. The number of carbonyl (C=O) groups excluding carboxylic acids is 1. The lowest BCUT2D eigenvalue weighted by molar-refractivity contribution is -0.145. The van der Waals surface area contributed by atoms with Crippen LogP contribution in [0.2, 0.25) is 0 Å². The molecule has 8 nitrogen and oxygen atoms in total. The summed E-state index contributed by atoms with van der Waals surface area (Å²) in [7, 11) is 2.54. The Morgan fingerprint density at radius 1 is 1.26 bits per heavy atom. The molecule has 2 heterocycles. The number of nitrogens with zero attached hydrogens (tertiary/aromatic N) is 3. The number of nitrogens with one attached hydrogen (secondary N) is 1. The second-order valence-electron chi connectivity index (χ2n) is 5.80. The highest BCUT2D eigenvalue weighted by Gasteiger charge is 2.47. The SMILES string of the molecule is COc1ncnc(OC)c1C(=O)Nc1nc(C(F)(F)F)c(C2(O)CCC2)s1. The van der Waals surface area contributed by atoms with Crippen LogP contribution < -0.4 is 14.8 Å². The first-order valence-electron chi connectivity index (χ1n) is 7.75. The largest absolute Gasteiger partial charge is 0.480 e. The van der Waals surface area contributed by atoms with Crippen molar-refractivity contribution >= 4 is 22.4 Å². The van der Waals surface area contributed by atoms with E-state index in [0.29, 0.717) is 17.8 Å². The van der Waals surface area contributed by atoms with Gasteiger partial charge in [-0.05, 0) is 19.3 Å². The van der Waals surface area contributed by atoms with E-state index in [4.69, 9.17) is 9.47 Å². The normalized spacial score (nSPS) is 15.8. The number of halogens is 3. The van der Waals surface area contributed by atoms with Gasteiger partial charge in [0.15, 0.2) is 16.4 Å². The molecule has 0 spiro atoms. The monoisotopic (exact) mass is 404 g/mol. The number of ether oxygens (including phenoxy) is 2. The maximum Gasteiger partial charge on any atom is 0.434 e. The van der Waals surface area contributed by atoms with Crippen molar-refractivity contribution in [2.45, 2.75) is 31.0 Å². The molecule has 2 N–H and O–H groups in total. The van der Waals surface area contributed by atoms with Crippen LogP contribution in [0.3, 0.4) is 0 Å². The summed E-state index contributed by atoms with van der Waals surface area (Å²) < 4.78 is 49.9. The lowest BCUT2D eigenvalue weighted by atomic mass is 9.78. The number of aliphatic hydroxyl groups is 1. The average molecular weight is 404 g/mol. The van der Waals surface area contributed by atoms with Gasteiger partial charge >= 0.3 is 6.18 Å². The van der Waals surface area contributed by atoms with Gasteiger partial charge in [-0.2, -0.15) is 13.2 Å². The molecule has 146 valence electrons. The molecule has 12 heteroatoms. The summed E-state index contributed by atoms with van der Waals surface area (Å²) in [6, 6.07) is 0. The molecule has 0 radical (unpaired) electrons. The number of hydrogen-bond acceptors (Lipinski definition) is 8. The van der Waals surface area contributed by atoms with Crippen LogP contribution in [0, 0.1) is 0 Å². The van der Waals surface area contributed by atoms with E-state index in [1.807, 2.05) is 0 Å². The first-order valence-corrected chi connectivity index (χ1v) is 8.56. The lowest BCUT2D eigenvalue weighted by Crippen LogP contribution is -2.34. The number of alkyl halides is 3. The molecule has 1 fully saturated rings. The van der Waals surface area contributed by atoms with Gasteiger partial charge in [0.2, 0.25) is 11.8 Å². The molecule has 3 rings (SSSR count). The van der Waals surface area contributed by atoms with Gasteiger partial charge < -0.3 is 14.6 Å². The molecular weight excluding hydrogens is 389 g/mol. The van der Waals surface area contributed by atoms with Crippen LogP contribution in [0.5, 0.6) is 11.8 Å². The number of thiazole rings is 1. The third-order valence-electron chi connectivity index (χ3n) is 4.11. The van der Waals surface area contributed by atoms with Crippen molar-refractivity contribution in [2.24, 2.45) is 0 Å². The Balaban J connectivity index is 1.96. The van der Waals surface area contributed by atoms with Gasteiger partial charge in [-0.1, -0.05) is 11.3 Å². The van der Waals surface area contributed by atoms with Crippen LogP contribution in [0.15, 0.2) is 6.33 Å². The Kier molecular flexibility index (Phi) is 4.95. The van der Waals surface area contributed by atoms with Crippen LogP contribution in [0.1, 0.15) is 40.2 Å². The van der Waals surface area contributed by atoms with Crippen LogP contribution in [0.4, 0.5) is 18.3 Å². The van der Waals surface area contributed by atoms with E-state index in [0.717, 1.165) is 6.33 Å². The number of carbonyl (C=O) groups is 1. The summed E-state index contributed by atoms with van der Waals surface area (Å²) in [4.78, 5) is 23.3. The Morgan fingerprint density at radius 2 is 1.85 bits per heavy atom. The minimum atomic E-state index is -4.76. The van der Waals surface area contributed by atoms with Crippen LogP contribution in [-0.2, 0) is 11.8 Å². The Bertz CT molecular complexity index is 845. The topological polar surface area (TPSA) is 106 Å². The molecule has 2 aromatic rings. The van der Waals surface area contributed by atoms with Crippen molar-refractivity contribution in [1.29, 1.82) is 0 Å². The number of aromatic nitrogens is 3. The number of anilines is 1. The van der Waals surface area contributed by atoms with E-state index in [2.05, 4.69) is 20.3 Å². The number of rotatable bonds is 5. The highest BCUT2D eigenvalue weighted by molar-refractivity contribution is 7.16. The highest BCUT2D eigenvalue weighted by atomic mass is 32.1. The molecule has 1 aliphatic carbocycles. The fourth-order valence-electron chi connectivity index (χ4n) is 2.64. The summed E-state index contributed by atoms with van der Waals surface area (Å²) in [6.45, 7) is 0. The molecule has 0 atom stereocenters. The van der Waals surface area contributed by atoms with Gasteiger partial charge in [0.05, 0.1) is 19.1 Å². The third-order valence-corrected chi connectivity index (χ3v) is 5.28. The van der Waals surface area contributed by atoms with E-state index in [9.17, 15) is 23.1 Å². The second kappa shape index (κ2) is 6.93. The first-order chi connectivity index (χ1) is 12.7. The van der Waals surface area contributed by atoms with Gasteiger partial charge in [0.25, 0.3) is 5.91 Å². The molecule has 1 aliphatic rings. The van der Waals surface area contributed by atoms with E-state index < -0.39 is 23.4 Å². The number of amides is 1. The minimum absolute atomic E-state index is 0.107. The predicted octanol–water partition coefficient (Wildman–Crippen LogP) is 2.59. The van der Waals surface area contributed by atoms with E-state index in [1.54, 1.807) is 0 Å². The predicted molar refractivity (Wildman–Crippen MR) is 88.0 cm³/mol. The van der Waals surface area contributed by atoms with Crippen LogP contribution >= 0.6 is 11.3 Å². The Hall–Kier alpha value is -2.47. The second-order valence-corrected chi connectivity index (χ2v) is 6.80. The minimum Gasteiger partial charge on any atom is -0.480 e. The van der Waals surface area contributed by atoms with Crippen molar-refractivity contribution in [3.8, 4) is 11.8 Å². The third kappa shape index (κ3) is 3.54. The molecule has 27 heavy (non-hydrogen) atoms. The molecule has 0 saturated heterocycles. The fourth-order valence-corrected chi connectivity index (χ4v) is 3.76. The molecule has 0 aromatic carbocycles. The standard InChI is InChI=1S/C15H15F3N4O4S/c1-25-11-7(12(26-2)20-6-19-11)10(23)22-13-21-8(15(16,17)18)9(27-13)14(24)4-3-5-14/h6,24H,3-5H2,1-2H3,(H,21,22,23). The maximum atomic E-state index is 13.3. The molecule has 0 bridgehead atoms. The summed E-state index contributed by atoms with van der Waals surface area (Å²) >= 11 is 0.584. The van der Waals surface area contributed by atoms with Gasteiger partial charge in [0.1, 0.15) is 11.9 Å². The summed E-state index contributed by atoms with van der Waals surface area (Å²) in [6.07, 6.45) is -2.61. The zero-order valence-corrected chi connectivity index (χ0v) is 15.1. The van der Waals surface area contributed by atoms with Crippen molar-refractivity contribution in [2.75, 3.05) is 19.5 Å². The van der Waals surface area contributed by atoms with Crippen molar-refractivity contribution in [3.05, 3.63) is 22.5 Å². The van der Waals surface area contributed by atoms with E-state index in [-0.39, 0.29) is 40.2 Å². The highest BCUT2D eigenvalue weighted by Crippen LogP contribution is 2.49. The van der Waals surface area contributed by atoms with Gasteiger partial charge in [-0.15, -0.1) is 0 Å². The van der Waals surface area contributed by atoms with Gasteiger partial charge in [-0.25, -0.2) is 15.0 Å². The zero-order valence-electron chi connectivity index (χ0n) is 14.3. The molecule has 1 saturated carbocycles. The smallest absolute Gasteiger partial charge is 0.434 e. The summed E-state index contributed by atoms with van der Waals surface area (Å²) in [5, 5.41) is 12.3. The van der Waals surface area contributed by atoms with Gasteiger partial charge in [0, 0.05) is 0 Å². The number of hydrogen-bond donors (Lipinski definition) is 2. The summed E-state index contributed by atoms with van der Waals surface area (Å²) in [5.41, 5.74) is -2.96. The quantitative estimate of drug-likeness (QED) is 0.789. The number of methoxy groups -OCH3 is 2. The molecule has 0 aliphatic heterocycles. The van der Waals surface area contributed by atoms with E-state index in [1.165, 1.54) is 14.2 Å². The molecule has 1 amide bonds. The fraction of sp³-hybridized carbons (Fsp3) is 0.467.